The van der Waals surface area contributed by atoms with E-state index < -0.39 is 23.0 Å². The number of methoxy groups -OCH3 is 1. The van der Waals surface area contributed by atoms with E-state index in [1.165, 1.54) is 19.4 Å². The van der Waals surface area contributed by atoms with Crippen molar-refractivity contribution in [2.45, 2.75) is 25.0 Å². The minimum absolute atomic E-state index is 0.0112. The van der Waals surface area contributed by atoms with Gasteiger partial charge in [0.2, 0.25) is 5.43 Å². The fourth-order valence-corrected chi connectivity index (χ4v) is 6.01. The van der Waals surface area contributed by atoms with Crippen molar-refractivity contribution >= 4 is 11.8 Å². The fourth-order valence-electron chi connectivity index (χ4n) is 6.01. The normalized spacial score (nSPS) is 28.9. The number of hydrogen-bond acceptors (Lipinski definition) is 4. The zero-order valence-electron chi connectivity index (χ0n) is 16.6. The van der Waals surface area contributed by atoms with Crippen LogP contribution in [-0.4, -0.2) is 41.0 Å². The van der Waals surface area contributed by atoms with Gasteiger partial charge in [-0.2, -0.15) is 0 Å². The van der Waals surface area contributed by atoms with Crippen LogP contribution in [-0.2, 0) is 6.54 Å². The van der Waals surface area contributed by atoms with Crippen molar-refractivity contribution in [1.82, 2.24) is 14.8 Å². The quantitative estimate of drug-likeness (QED) is 0.806. The summed E-state index contributed by atoms with van der Waals surface area (Å²) in [7, 11) is 1.30. The van der Waals surface area contributed by atoms with Gasteiger partial charge in [0.1, 0.15) is 17.2 Å². The second-order valence-corrected chi connectivity index (χ2v) is 8.74. The summed E-state index contributed by atoms with van der Waals surface area (Å²) in [6.45, 7) is 0.511. The number of fused-ring (bicyclic) bond motifs is 3. The van der Waals surface area contributed by atoms with Crippen LogP contribution in [0, 0.1) is 29.4 Å². The minimum atomic E-state index is -0.785. The molecule has 0 spiro atoms. The maximum atomic E-state index is 13.9. The van der Waals surface area contributed by atoms with E-state index in [1.54, 1.807) is 4.57 Å². The summed E-state index contributed by atoms with van der Waals surface area (Å²) < 4.78 is 34.0. The summed E-state index contributed by atoms with van der Waals surface area (Å²) in [6.07, 6.45) is 2.35. The van der Waals surface area contributed by atoms with Crippen LogP contribution >= 0.6 is 0 Å². The van der Waals surface area contributed by atoms with E-state index in [4.69, 9.17) is 4.74 Å². The number of aromatic nitrogens is 1. The van der Waals surface area contributed by atoms with E-state index in [0.717, 1.165) is 25.1 Å². The van der Waals surface area contributed by atoms with Crippen LogP contribution in [0.5, 0.6) is 5.75 Å². The predicted octanol–water partition coefficient (Wildman–Crippen LogP) is 1.71. The molecular weight excluding hydrogens is 408 g/mol. The number of piperidine rings is 1. The van der Waals surface area contributed by atoms with E-state index in [9.17, 15) is 23.2 Å². The Morgan fingerprint density at radius 2 is 2.06 bits per heavy atom. The lowest BCUT2D eigenvalue weighted by Crippen LogP contribution is -2.48. The van der Waals surface area contributed by atoms with Crippen molar-refractivity contribution in [1.29, 1.82) is 0 Å². The predicted molar refractivity (Wildman–Crippen MR) is 104 cm³/mol. The highest BCUT2D eigenvalue weighted by atomic mass is 19.1. The standard InChI is InChI=1S/C22H19F2N3O4/c1-31-20-18-22(30)27-7-12-11-5-15(17(27)16(11)12)26(18)8-13(19(20)28)21(29)25-6-9-2-3-10(23)4-14(9)24/h2-4,8,11-12,15-17H,5-7H2,1H3,(H,25,29)/t11?,12?,15-,16+,17+/m1/s1. The van der Waals surface area contributed by atoms with Crippen LogP contribution < -0.4 is 15.5 Å². The summed E-state index contributed by atoms with van der Waals surface area (Å²) in [6, 6.07) is 3.18. The summed E-state index contributed by atoms with van der Waals surface area (Å²) >= 11 is 0. The molecule has 6 rings (SSSR count). The van der Waals surface area contributed by atoms with Crippen LogP contribution in [0.3, 0.4) is 0 Å². The smallest absolute Gasteiger partial charge is 0.274 e. The van der Waals surface area contributed by atoms with Crippen LogP contribution in [0.1, 0.15) is 38.9 Å². The third kappa shape index (κ3) is 2.40. The number of amides is 2. The van der Waals surface area contributed by atoms with E-state index in [-0.39, 0.29) is 47.1 Å². The first-order valence-electron chi connectivity index (χ1n) is 10.3. The van der Waals surface area contributed by atoms with Crippen LogP contribution in [0.4, 0.5) is 8.78 Å². The molecule has 3 heterocycles. The number of nitrogens with one attached hydrogen (secondary N) is 1. The Morgan fingerprint density at radius 3 is 2.81 bits per heavy atom. The van der Waals surface area contributed by atoms with Crippen molar-refractivity contribution in [2.75, 3.05) is 13.7 Å². The van der Waals surface area contributed by atoms with Gasteiger partial charge in [0.25, 0.3) is 11.8 Å². The number of benzene rings is 1. The van der Waals surface area contributed by atoms with Gasteiger partial charge in [-0.25, -0.2) is 8.78 Å². The molecule has 2 amide bonds. The van der Waals surface area contributed by atoms with Gasteiger partial charge in [0.05, 0.1) is 19.2 Å². The van der Waals surface area contributed by atoms with Crippen molar-refractivity contribution in [2.24, 2.45) is 17.8 Å². The first kappa shape index (κ1) is 18.5. The highest BCUT2D eigenvalue weighted by Crippen LogP contribution is 2.68. The van der Waals surface area contributed by atoms with Crippen molar-refractivity contribution in [3.05, 3.63) is 63.1 Å². The molecule has 3 fully saturated rings. The Kier molecular flexibility index (Phi) is 3.68. The summed E-state index contributed by atoms with van der Waals surface area (Å²) in [4.78, 5) is 40.8. The molecule has 31 heavy (non-hydrogen) atoms. The molecule has 9 heteroatoms. The molecule has 4 aliphatic rings. The summed E-state index contributed by atoms with van der Waals surface area (Å²) in [5.41, 5.74) is -0.562. The molecule has 0 bridgehead atoms. The fraction of sp³-hybridized carbons (Fsp3) is 0.409. The number of hydrogen-bond donors (Lipinski definition) is 1. The SMILES string of the molecule is COc1c2n(cc(C(=O)NCc3ccc(F)cc3F)c1=O)[C@@H]1CC3C4CN(C2=O)[C@@H]1[C@@H]34. The average Bonchev–Trinajstić information content (AvgIpc) is 3.09. The number of nitrogens with zero attached hydrogens (tertiary/aromatic N) is 2. The van der Waals surface area contributed by atoms with Gasteiger partial charge >= 0.3 is 0 Å². The van der Waals surface area contributed by atoms with Gasteiger partial charge in [-0.1, -0.05) is 6.07 Å². The Morgan fingerprint density at radius 1 is 1.26 bits per heavy atom. The Hall–Kier alpha value is -3.23. The van der Waals surface area contributed by atoms with E-state index >= 15 is 0 Å². The lowest BCUT2D eigenvalue weighted by atomic mass is 10.0. The number of carbonyl (C=O) groups is 2. The number of ether oxygens (including phenoxy) is 1. The molecule has 1 aromatic carbocycles. The van der Waals surface area contributed by atoms with Crippen LogP contribution in [0.25, 0.3) is 0 Å². The second-order valence-electron chi connectivity index (χ2n) is 8.74. The van der Waals surface area contributed by atoms with E-state index in [2.05, 4.69) is 5.32 Å². The van der Waals surface area contributed by atoms with Crippen molar-refractivity contribution in [3.8, 4) is 5.75 Å². The maximum absolute atomic E-state index is 13.9. The summed E-state index contributed by atoms with van der Waals surface area (Å²) in [5, 5.41) is 2.51. The highest BCUT2D eigenvalue weighted by molar-refractivity contribution is 5.99. The average molecular weight is 427 g/mol. The first-order chi connectivity index (χ1) is 14.9. The van der Waals surface area contributed by atoms with Gasteiger partial charge in [-0.15, -0.1) is 0 Å². The zero-order chi connectivity index (χ0) is 21.6. The van der Waals surface area contributed by atoms with Gasteiger partial charge < -0.3 is 19.5 Å². The number of halogens is 2. The molecule has 5 atom stereocenters. The zero-order valence-corrected chi connectivity index (χ0v) is 16.6. The number of pyridine rings is 1. The minimum Gasteiger partial charge on any atom is -0.491 e. The monoisotopic (exact) mass is 427 g/mol. The molecule has 1 saturated heterocycles. The van der Waals surface area contributed by atoms with Crippen molar-refractivity contribution < 1.29 is 23.1 Å². The van der Waals surface area contributed by atoms with E-state index in [1.807, 2.05) is 4.90 Å². The molecule has 2 aliphatic heterocycles. The van der Waals surface area contributed by atoms with Gasteiger partial charge in [0.15, 0.2) is 11.4 Å². The Balaban J connectivity index is 1.37. The van der Waals surface area contributed by atoms with Crippen molar-refractivity contribution in [3.63, 3.8) is 0 Å². The largest absolute Gasteiger partial charge is 0.491 e. The molecule has 0 radical (unpaired) electrons. The molecule has 160 valence electrons. The molecule has 2 saturated carbocycles. The van der Waals surface area contributed by atoms with Gasteiger partial charge in [-0.3, -0.25) is 14.4 Å². The molecule has 2 aliphatic carbocycles. The number of carbonyl (C=O) groups excluding carboxylic acids is 2. The second kappa shape index (κ2) is 6.15. The van der Waals surface area contributed by atoms with Crippen LogP contribution in [0.15, 0.2) is 29.2 Å². The van der Waals surface area contributed by atoms with Crippen LogP contribution in [0.2, 0.25) is 0 Å². The molecule has 1 aromatic heterocycles. The molecular formula is C22H19F2N3O4. The summed E-state index contributed by atoms with van der Waals surface area (Å²) in [5.74, 6) is -0.937. The third-order valence-electron chi connectivity index (χ3n) is 7.38. The lowest BCUT2D eigenvalue weighted by Gasteiger charge is -2.38. The Labute approximate surface area is 175 Å². The molecule has 1 N–H and O–H groups in total. The molecule has 2 unspecified atom stereocenters. The molecule has 2 aromatic rings. The first-order valence-corrected chi connectivity index (χ1v) is 10.3. The van der Waals surface area contributed by atoms with E-state index in [0.29, 0.717) is 17.8 Å². The lowest BCUT2D eigenvalue weighted by molar-refractivity contribution is 0.0603. The maximum Gasteiger partial charge on any atom is 0.274 e. The van der Waals surface area contributed by atoms with Gasteiger partial charge in [0, 0.05) is 30.9 Å². The molecule has 7 nitrogen and oxygen atoms in total. The number of rotatable bonds is 4. The topological polar surface area (TPSA) is 80.6 Å². The third-order valence-corrected chi connectivity index (χ3v) is 7.38. The highest BCUT2D eigenvalue weighted by Gasteiger charge is 2.71. The Bertz CT molecular complexity index is 1230. The van der Waals surface area contributed by atoms with Gasteiger partial charge in [-0.05, 0) is 30.2 Å².